The first kappa shape index (κ1) is 16.4. The maximum atomic E-state index is 4.32. The molecule has 1 aromatic heterocycles. The van der Waals surface area contributed by atoms with Crippen molar-refractivity contribution in [1.82, 2.24) is 10.2 Å². The standard InChI is InChI=1S/C16H28N2S/c1-13(2)12-19-10-8-6-7-9-14-11-15(18-17-14)16(3,4)5/h7,9,11,13H,6,8,10,12H2,1-5H3,(H,17,18)/b9-7+. The Hall–Kier alpha value is -0.700. The van der Waals surface area contributed by atoms with E-state index in [2.05, 4.69) is 74.8 Å². The average Bonchev–Trinajstić information content (AvgIpc) is 2.75. The van der Waals surface area contributed by atoms with E-state index in [1.54, 1.807) is 0 Å². The van der Waals surface area contributed by atoms with Gasteiger partial charge in [-0.2, -0.15) is 16.9 Å². The highest BCUT2D eigenvalue weighted by Gasteiger charge is 2.15. The molecule has 0 saturated heterocycles. The number of aromatic nitrogens is 2. The van der Waals surface area contributed by atoms with Gasteiger partial charge in [0.15, 0.2) is 0 Å². The summed E-state index contributed by atoms with van der Waals surface area (Å²) in [6.07, 6.45) is 6.75. The minimum absolute atomic E-state index is 0.145. The molecule has 0 unspecified atom stereocenters. The molecular weight excluding hydrogens is 252 g/mol. The molecule has 0 amide bonds. The highest BCUT2D eigenvalue weighted by atomic mass is 32.2. The predicted molar refractivity (Wildman–Crippen MR) is 87.7 cm³/mol. The molecule has 19 heavy (non-hydrogen) atoms. The molecular formula is C16H28N2S. The summed E-state index contributed by atoms with van der Waals surface area (Å²) in [6, 6.07) is 2.14. The van der Waals surface area contributed by atoms with E-state index < -0.39 is 0 Å². The molecule has 0 atom stereocenters. The fourth-order valence-electron chi connectivity index (χ4n) is 1.63. The van der Waals surface area contributed by atoms with Crippen LogP contribution < -0.4 is 0 Å². The summed E-state index contributed by atoms with van der Waals surface area (Å²) in [7, 11) is 0. The summed E-state index contributed by atoms with van der Waals surface area (Å²) in [6.45, 7) is 11.1. The van der Waals surface area contributed by atoms with E-state index in [0.29, 0.717) is 0 Å². The largest absolute Gasteiger partial charge is 0.281 e. The molecule has 2 nitrogen and oxygen atoms in total. The zero-order valence-electron chi connectivity index (χ0n) is 13.0. The van der Waals surface area contributed by atoms with Crippen LogP contribution in [-0.2, 0) is 5.41 Å². The van der Waals surface area contributed by atoms with Crippen molar-refractivity contribution in [1.29, 1.82) is 0 Å². The monoisotopic (exact) mass is 280 g/mol. The zero-order valence-corrected chi connectivity index (χ0v) is 13.8. The van der Waals surface area contributed by atoms with Gasteiger partial charge in [-0.3, -0.25) is 5.10 Å². The summed E-state index contributed by atoms with van der Waals surface area (Å²) in [5, 5.41) is 7.44. The van der Waals surface area contributed by atoms with Crippen LogP contribution in [0.4, 0.5) is 0 Å². The van der Waals surface area contributed by atoms with E-state index >= 15 is 0 Å². The van der Waals surface area contributed by atoms with Crippen molar-refractivity contribution in [2.45, 2.75) is 52.9 Å². The number of nitrogens with one attached hydrogen (secondary N) is 1. The number of aromatic amines is 1. The van der Waals surface area contributed by atoms with Crippen LogP contribution >= 0.6 is 11.8 Å². The van der Waals surface area contributed by atoms with E-state index in [1.807, 2.05) is 0 Å². The van der Waals surface area contributed by atoms with Gasteiger partial charge >= 0.3 is 0 Å². The van der Waals surface area contributed by atoms with E-state index in [4.69, 9.17) is 0 Å². The molecule has 0 bridgehead atoms. The Bertz CT molecular complexity index is 386. The number of hydrogen-bond acceptors (Lipinski definition) is 2. The summed E-state index contributed by atoms with van der Waals surface area (Å²) in [5.41, 5.74) is 2.38. The van der Waals surface area contributed by atoms with Gasteiger partial charge in [-0.1, -0.05) is 40.7 Å². The molecule has 1 rings (SSSR count). The maximum Gasteiger partial charge on any atom is 0.0848 e. The molecule has 1 N–H and O–H groups in total. The molecule has 1 aromatic rings. The topological polar surface area (TPSA) is 28.7 Å². The molecule has 0 aliphatic heterocycles. The number of hydrogen-bond donors (Lipinski definition) is 1. The second-order valence-electron chi connectivity index (χ2n) is 6.47. The third kappa shape index (κ3) is 6.86. The molecule has 0 aliphatic carbocycles. The third-order valence-electron chi connectivity index (χ3n) is 2.80. The van der Waals surface area contributed by atoms with Crippen molar-refractivity contribution in [2.75, 3.05) is 11.5 Å². The Morgan fingerprint density at radius 1 is 1.37 bits per heavy atom. The fraction of sp³-hybridized carbons (Fsp3) is 0.688. The molecule has 0 spiro atoms. The van der Waals surface area contributed by atoms with Crippen molar-refractivity contribution in [3.8, 4) is 0 Å². The van der Waals surface area contributed by atoms with Crippen molar-refractivity contribution in [3.63, 3.8) is 0 Å². The van der Waals surface area contributed by atoms with Crippen LogP contribution in [-0.4, -0.2) is 21.7 Å². The van der Waals surface area contributed by atoms with E-state index in [-0.39, 0.29) is 5.41 Å². The summed E-state index contributed by atoms with van der Waals surface area (Å²) < 4.78 is 0. The number of H-pyrrole nitrogens is 1. The number of thioether (sulfide) groups is 1. The quantitative estimate of drug-likeness (QED) is 0.720. The first-order valence-electron chi connectivity index (χ1n) is 7.20. The van der Waals surface area contributed by atoms with Crippen LogP contribution in [0.15, 0.2) is 12.1 Å². The number of rotatable bonds is 7. The number of allylic oxidation sites excluding steroid dienone is 1. The second-order valence-corrected chi connectivity index (χ2v) is 7.62. The van der Waals surface area contributed by atoms with E-state index in [1.165, 1.54) is 23.6 Å². The number of nitrogens with zero attached hydrogens (tertiary/aromatic N) is 1. The van der Waals surface area contributed by atoms with Gasteiger partial charge < -0.3 is 0 Å². The Morgan fingerprint density at radius 3 is 2.68 bits per heavy atom. The van der Waals surface area contributed by atoms with Crippen LogP contribution in [0, 0.1) is 5.92 Å². The Balaban J connectivity index is 2.24. The first-order chi connectivity index (χ1) is 8.89. The Labute approximate surface area is 122 Å². The average molecular weight is 280 g/mol. The third-order valence-corrected chi connectivity index (χ3v) is 4.28. The SMILES string of the molecule is CC(C)CSCCC/C=C/c1cc(C(C)(C)C)[nH]n1. The van der Waals surface area contributed by atoms with Gasteiger partial charge in [0.1, 0.15) is 0 Å². The Morgan fingerprint density at radius 2 is 2.11 bits per heavy atom. The predicted octanol–water partition coefficient (Wildman–Crippen LogP) is 4.89. The van der Waals surface area contributed by atoms with E-state index in [9.17, 15) is 0 Å². The van der Waals surface area contributed by atoms with Gasteiger partial charge in [0.2, 0.25) is 0 Å². The molecule has 0 aromatic carbocycles. The lowest BCUT2D eigenvalue weighted by Gasteiger charge is -2.14. The fourth-order valence-corrected chi connectivity index (χ4v) is 2.64. The van der Waals surface area contributed by atoms with Crippen LogP contribution in [0.25, 0.3) is 6.08 Å². The molecule has 3 heteroatoms. The molecule has 0 radical (unpaired) electrons. The van der Waals surface area contributed by atoms with E-state index in [0.717, 1.165) is 18.0 Å². The van der Waals surface area contributed by atoms with Crippen molar-refractivity contribution in [3.05, 3.63) is 23.5 Å². The lowest BCUT2D eigenvalue weighted by Crippen LogP contribution is -2.11. The van der Waals surface area contributed by atoms with Gasteiger partial charge in [0, 0.05) is 11.1 Å². The molecule has 0 aliphatic rings. The minimum Gasteiger partial charge on any atom is -0.281 e. The zero-order chi connectivity index (χ0) is 14.3. The minimum atomic E-state index is 0.145. The normalized spacial score (nSPS) is 12.7. The highest BCUT2D eigenvalue weighted by Crippen LogP contribution is 2.20. The van der Waals surface area contributed by atoms with Gasteiger partial charge in [0.25, 0.3) is 0 Å². The molecule has 1 heterocycles. The van der Waals surface area contributed by atoms with Crippen molar-refractivity contribution < 1.29 is 0 Å². The van der Waals surface area contributed by atoms with Gasteiger partial charge in [-0.15, -0.1) is 0 Å². The number of unbranched alkanes of at least 4 members (excludes halogenated alkanes) is 1. The lowest BCUT2D eigenvalue weighted by atomic mass is 9.92. The lowest BCUT2D eigenvalue weighted by molar-refractivity contribution is 0.567. The maximum absolute atomic E-state index is 4.32. The van der Waals surface area contributed by atoms with Crippen LogP contribution in [0.5, 0.6) is 0 Å². The first-order valence-corrected chi connectivity index (χ1v) is 8.35. The van der Waals surface area contributed by atoms with Crippen LogP contribution in [0.3, 0.4) is 0 Å². The highest BCUT2D eigenvalue weighted by molar-refractivity contribution is 7.99. The van der Waals surface area contributed by atoms with Crippen LogP contribution in [0.2, 0.25) is 0 Å². The summed E-state index contributed by atoms with van der Waals surface area (Å²) in [5.74, 6) is 3.34. The Kier molecular flexibility index (Phi) is 6.70. The van der Waals surface area contributed by atoms with Gasteiger partial charge in [0.05, 0.1) is 5.69 Å². The van der Waals surface area contributed by atoms with Crippen molar-refractivity contribution in [2.24, 2.45) is 5.92 Å². The summed E-state index contributed by atoms with van der Waals surface area (Å²) in [4.78, 5) is 0. The second kappa shape index (κ2) is 7.78. The smallest absolute Gasteiger partial charge is 0.0848 e. The molecule has 108 valence electrons. The molecule has 0 saturated carbocycles. The summed E-state index contributed by atoms with van der Waals surface area (Å²) >= 11 is 2.06. The van der Waals surface area contributed by atoms with Crippen molar-refractivity contribution >= 4 is 17.8 Å². The van der Waals surface area contributed by atoms with Gasteiger partial charge in [-0.25, -0.2) is 0 Å². The van der Waals surface area contributed by atoms with Gasteiger partial charge in [-0.05, 0) is 42.4 Å². The molecule has 0 fully saturated rings. The van der Waals surface area contributed by atoms with Crippen LogP contribution in [0.1, 0.15) is 58.8 Å².